The molecule has 0 aliphatic carbocycles. The zero-order chi connectivity index (χ0) is 14.3. The van der Waals surface area contributed by atoms with Crippen LogP contribution in [-0.2, 0) is 4.74 Å². The Hall–Kier alpha value is -1.49. The Morgan fingerprint density at radius 2 is 2.15 bits per heavy atom. The maximum Gasteiger partial charge on any atom is 0.239 e. The molecule has 2 bridgehead atoms. The first kappa shape index (κ1) is 13.5. The van der Waals surface area contributed by atoms with E-state index in [1.54, 1.807) is 0 Å². The van der Waals surface area contributed by atoms with Crippen molar-refractivity contribution < 1.29 is 9.47 Å². The van der Waals surface area contributed by atoms with E-state index in [9.17, 15) is 0 Å². The number of nitrogens with zero attached hydrogens (tertiary/aromatic N) is 1. The van der Waals surface area contributed by atoms with E-state index in [0.717, 1.165) is 18.7 Å². The van der Waals surface area contributed by atoms with Gasteiger partial charge in [-0.3, -0.25) is 0 Å². The number of aromatic nitrogens is 1. The average molecular weight is 277 g/mol. The maximum absolute atomic E-state index is 5.93. The monoisotopic (exact) mass is 277 g/mol. The summed E-state index contributed by atoms with van der Waals surface area (Å²) in [4.78, 5) is 4.49. The van der Waals surface area contributed by atoms with Crippen LogP contribution in [0.1, 0.15) is 40.0 Å². The number of ether oxygens (including phenoxy) is 2. The Bertz CT molecular complexity index is 498. The van der Waals surface area contributed by atoms with Gasteiger partial charge in [-0.1, -0.05) is 0 Å². The van der Waals surface area contributed by atoms with Crippen molar-refractivity contribution in [3.63, 3.8) is 0 Å². The average Bonchev–Trinajstić information content (AvgIpc) is 2.93. The number of nitrogen functional groups attached to an aromatic ring is 1. The number of fused-ring (bicyclic) bond motifs is 2. The molecule has 1 aromatic rings. The number of rotatable bonds is 3. The third-order valence-corrected chi connectivity index (χ3v) is 3.73. The van der Waals surface area contributed by atoms with Crippen LogP contribution in [0.4, 0.5) is 11.5 Å². The summed E-state index contributed by atoms with van der Waals surface area (Å²) in [6, 6.07) is 4.09. The summed E-state index contributed by atoms with van der Waals surface area (Å²) >= 11 is 0. The van der Waals surface area contributed by atoms with Crippen LogP contribution in [-0.4, -0.2) is 28.8 Å². The molecule has 5 heteroatoms. The minimum absolute atomic E-state index is 0.310. The van der Waals surface area contributed by atoms with E-state index in [0.29, 0.717) is 29.8 Å². The standard InChI is InChI=1S/C15H23N3O2/c1-15(2,3)20-14-10(16)5-7-13(18-14)17-11-8-9-4-6-12(11)19-9/h5,7,9,11-12H,4,6,8,16H2,1-3H3,(H,17,18). The van der Waals surface area contributed by atoms with Crippen molar-refractivity contribution in [2.24, 2.45) is 0 Å². The van der Waals surface area contributed by atoms with Gasteiger partial charge in [0.25, 0.3) is 0 Å². The lowest BCUT2D eigenvalue weighted by Gasteiger charge is -2.23. The summed E-state index contributed by atoms with van der Waals surface area (Å²) in [6.45, 7) is 5.95. The highest BCUT2D eigenvalue weighted by Crippen LogP contribution is 2.36. The zero-order valence-electron chi connectivity index (χ0n) is 12.3. The molecule has 0 radical (unpaired) electrons. The van der Waals surface area contributed by atoms with E-state index >= 15 is 0 Å². The van der Waals surface area contributed by atoms with Crippen molar-refractivity contribution in [3.8, 4) is 5.88 Å². The fourth-order valence-electron chi connectivity index (χ4n) is 2.88. The summed E-state index contributed by atoms with van der Waals surface area (Å²) < 4.78 is 11.6. The number of hydrogen-bond acceptors (Lipinski definition) is 5. The lowest BCUT2D eigenvalue weighted by Crippen LogP contribution is -2.31. The molecule has 0 aromatic carbocycles. The van der Waals surface area contributed by atoms with Gasteiger partial charge in [-0.15, -0.1) is 0 Å². The molecule has 3 N–H and O–H groups in total. The minimum atomic E-state index is -0.310. The highest BCUT2D eigenvalue weighted by Gasteiger charge is 2.40. The van der Waals surface area contributed by atoms with E-state index < -0.39 is 0 Å². The molecule has 2 saturated heterocycles. The van der Waals surface area contributed by atoms with Crippen molar-refractivity contribution >= 4 is 11.5 Å². The zero-order valence-corrected chi connectivity index (χ0v) is 12.3. The van der Waals surface area contributed by atoms with Crippen LogP contribution < -0.4 is 15.8 Å². The van der Waals surface area contributed by atoms with Gasteiger partial charge in [0, 0.05) is 0 Å². The largest absolute Gasteiger partial charge is 0.470 e. The smallest absolute Gasteiger partial charge is 0.239 e. The second-order valence-corrected chi connectivity index (χ2v) is 6.67. The molecule has 3 rings (SSSR count). The highest BCUT2D eigenvalue weighted by atomic mass is 16.5. The molecule has 2 fully saturated rings. The Kier molecular flexibility index (Phi) is 3.24. The van der Waals surface area contributed by atoms with E-state index in [2.05, 4.69) is 10.3 Å². The fourth-order valence-corrected chi connectivity index (χ4v) is 2.88. The molecule has 3 atom stereocenters. The Morgan fingerprint density at radius 3 is 2.75 bits per heavy atom. The van der Waals surface area contributed by atoms with Gasteiger partial charge in [0.1, 0.15) is 11.4 Å². The van der Waals surface area contributed by atoms with E-state index in [1.807, 2.05) is 32.9 Å². The summed E-state index contributed by atoms with van der Waals surface area (Å²) in [7, 11) is 0. The molecule has 20 heavy (non-hydrogen) atoms. The summed E-state index contributed by atoms with van der Waals surface area (Å²) in [5.41, 5.74) is 6.18. The molecule has 1 aromatic heterocycles. The van der Waals surface area contributed by atoms with Gasteiger partial charge in [0.2, 0.25) is 5.88 Å². The van der Waals surface area contributed by atoms with Gasteiger partial charge in [-0.25, -0.2) is 0 Å². The van der Waals surface area contributed by atoms with Crippen molar-refractivity contribution in [2.45, 2.75) is 63.9 Å². The number of pyridine rings is 1. The van der Waals surface area contributed by atoms with Crippen LogP contribution in [0.3, 0.4) is 0 Å². The van der Waals surface area contributed by atoms with E-state index in [4.69, 9.17) is 15.2 Å². The lowest BCUT2D eigenvalue weighted by atomic mass is 9.95. The predicted octanol–water partition coefficient (Wildman–Crippen LogP) is 2.57. The molecular formula is C15H23N3O2. The Labute approximate surface area is 119 Å². The third kappa shape index (κ3) is 2.82. The molecule has 3 heterocycles. The van der Waals surface area contributed by atoms with Crippen LogP contribution in [0.5, 0.6) is 5.88 Å². The van der Waals surface area contributed by atoms with Gasteiger partial charge in [-0.2, -0.15) is 4.98 Å². The van der Waals surface area contributed by atoms with Gasteiger partial charge >= 0.3 is 0 Å². The number of nitrogens with two attached hydrogens (primary N) is 1. The predicted molar refractivity (Wildman–Crippen MR) is 79.0 cm³/mol. The molecule has 0 saturated carbocycles. The second-order valence-electron chi connectivity index (χ2n) is 6.67. The second kappa shape index (κ2) is 4.81. The van der Waals surface area contributed by atoms with Crippen LogP contribution in [0, 0.1) is 0 Å². The number of hydrogen-bond donors (Lipinski definition) is 2. The molecule has 0 amide bonds. The molecule has 2 aliphatic heterocycles. The van der Waals surface area contributed by atoms with Crippen molar-refractivity contribution in [1.82, 2.24) is 4.98 Å². The quantitative estimate of drug-likeness (QED) is 0.888. The highest BCUT2D eigenvalue weighted by molar-refractivity contribution is 5.54. The van der Waals surface area contributed by atoms with Gasteiger partial charge < -0.3 is 20.5 Å². The van der Waals surface area contributed by atoms with Crippen LogP contribution in [0.25, 0.3) is 0 Å². The topological polar surface area (TPSA) is 69.4 Å². The number of nitrogens with one attached hydrogen (secondary N) is 1. The molecule has 3 unspecified atom stereocenters. The molecule has 110 valence electrons. The van der Waals surface area contributed by atoms with Gasteiger partial charge in [0.15, 0.2) is 0 Å². The van der Waals surface area contributed by atoms with Gasteiger partial charge in [-0.05, 0) is 52.2 Å². The van der Waals surface area contributed by atoms with Crippen LogP contribution in [0.15, 0.2) is 12.1 Å². The molecule has 0 spiro atoms. The van der Waals surface area contributed by atoms with E-state index in [-0.39, 0.29) is 5.60 Å². The molecular weight excluding hydrogens is 254 g/mol. The van der Waals surface area contributed by atoms with Crippen molar-refractivity contribution in [3.05, 3.63) is 12.1 Å². The molecule has 2 aliphatic rings. The minimum Gasteiger partial charge on any atom is -0.470 e. The SMILES string of the molecule is CC(C)(C)Oc1nc(NC2CC3CCC2O3)ccc1N. The molecule has 5 nitrogen and oxygen atoms in total. The Balaban J connectivity index is 1.72. The first-order valence-corrected chi connectivity index (χ1v) is 7.28. The van der Waals surface area contributed by atoms with Gasteiger partial charge in [0.05, 0.1) is 23.9 Å². The first-order valence-electron chi connectivity index (χ1n) is 7.28. The summed E-state index contributed by atoms with van der Waals surface area (Å²) in [5, 5.41) is 3.45. The first-order chi connectivity index (χ1) is 9.40. The number of anilines is 2. The summed E-state index contributed by atoms with van der Waals surface area (Å²) in [6.07, 6.45) is 4.15. The van der Waals surface area contributed by atoms with Crippen LogP contribution in [0.2, 0.25) is 0 Å². The summed E-state index contributed by atoms with van der Waals surface area (Å²) in [5.74, 6) is 1.30. The normalized spacial score (nSPS) is 28.6. The fraction of sp³-hybridized carbons (Fsp3) is 0.667. The lowest BCUT2D eigenvalue weighted by molar-refractivity contribution is 0.102. The van der Waals surface area contributed by atoms with Crippen molar-refractivity contribution in [2.75, 3.05) is 11.1 Å². The van der Waals surface area contributed by atoms with Crippen molar-refractivity contribution in [1.29, 1.82) is 0 Å². The third-order valence-electron chi connectivity index (χ3n) is 3.73. The van der Waals surface area contributed by atoms with E-state index in [1.165, 1.54) is 6.42 Å². The Morgan fingerprint density at radius 1 is 1.35 bits per heavy atom. The maximum atomic E-state index is 5.93. The van der Waals surface area contributed by atoms with Crippen LogP contribution >= 0.6 is 0 Å².